The second-order valence-corrected chi connectivity index (χ2v) is 2.42. The van der Waals surface area contributed by atoms with Gasteiger partial charge in [0.2, 0.25) is 0 Å². The molecule has 0 saturated heterocycles. The van der Waals surface area contributed by atoms with E-state index in [1.807, 2.05) is 6.92 Å². The summed E-state index contributed by atoms with van der Waals surface area (Å²) in [6.45, 7) is 3.21. The molecule has 0 radical (unpaired) electrons. The molecule has 0 fully saturated rings. The summed E-state index contributed by atoms with van der Waals surface area (Å²) in [7, 11) is 1.15. The zero-order valence-corrected chi connectivity index (χ0v) is 8.46. The Morgan fingerprint density at radius 1 is 1.36 bits per heavy atom. The molecule has 0 amide bonds. The molecule has 4 nitrogen and oxygen atoms in total. The van der Waals surface area contributed by atoms with Crippen LogP contribution in [0.3, 0.4) is 0 Å². The molecule has 4 heteroatoms. The van der Waals surface area contributed by atoms with Crippen LogP contribution in [0.1, 0.15) is 19.8 Å². The van der Waals surface area contributed by atoms with Crippen molar-refractivity contribution in [2.75, 3.05) is 20.3 Å². The van der Waals surface area contributed by atoms with Gasteiger partial charge in [-0.15, -0.1) is 0 Å². The smallest absolute Gasteiger partial charge is 0.387 e. The molecule has 0 aromatic rings. The molecule has 0 aromatic carbocycles. The molecule has 0 aliphatic rings. The van der Waals surface area contributed by atoms with Gasteiger partial charge in [0.1, 0.15) is 0 Å². The van der Waals surface area contributed by atoms with E-state index >= 15 is 0 Å². The van der Waals surface area contributed by atoms with Gasteiger partial charge in [-0.3, -0.25) is 4.79 Å². The van der Waals surface area contributed by atoms with E-state index in [4.69, 9.17) is 4.74 Å². The van der Waals surface area contributed by atoms with E-state index in [0.29, 0.717) is 19.6 Å². The third-order valence-electron chi connectivity index (χ3n) is 1.37. The van der Waals surface area contributed by atoms with Gasteiger partial charge in [-0.05, 0) is 19.3 Å². The maximum atomic E-state index is 10.8. The van der Waals surface area contributed by atoms with Crippen LogP contribution in [0, 0.1) is 11.8 Å². The molecule has 0 aliphatic carbocycles. The average molecular weight is 198 g/mol. The van der Waals surface area contributed by atoms with Gasteiger partial charge in [-0.25, -0.2) is 4.79 Å². The van der Waals surface area contributed by atoms with Crippen LogP contribution in [0.4, 0.5) is 0 Å². The molecular formula is C10H14O4. The molecule has 0 bridgehead atoms. The monoisotopic (exact) mass is 198 g/mol. The van der Waals surface area contributed by atoms with Crippen LogP contribution in [0.25, 0.3) is 0 Å². The summed E-state index contributed by atoms with van der Waals surface area (Å²) in [6.07, 6.45) is 1.30. The first-order valence-electron chi connectivity index (χ1n) is 4.41. The Kier molecular flexibility index (Phi) is 7.48. The summed E-state index contributed by atoms with van der Waals surface area (Å²) < 4.78 is 9.26. The summed E-state index contributed by atoms with van der Waals surface area (Å²) in [6, 6.07) is 0. The second-order valence-electron chi connectivity index (χ2n) is 2.42. The first kappa shape index (κ1) is 12.7. The second kappa shape index (κ2) is 8.27. The molecule has 0 aromatic heterocycles. The molecule has 0 aliphatic heterocycles. The van der Waals surface area contributed by atoms with Gasteiger partial charge >= 0.3 is 11.8 Å². The van der Waals surface area contributed by atoms with Gasteiger partial charge in [0.15, 0.2) is 0 Å². The van der Waals surface area contributed by atoms with Gasteiger partial charge in [-0.1, -0.05) is 5.92 Å². The van der Waals surface area contributed by atoms with Crippen LogP contribution < -0.4 is 0 Å². The normalized spacial score (nSPS) is 8.71. The van der Waals surface area contributed by atoms with Gasteiger partial charge < -0.3 is 9.47 Å². The van der Waals surface area contributed by atoms with Crippen molar-refractivity contribution in [1.82, 2.24) is 0 Å². The van der Waals surface area contributed by atoms with E-state index in [2.05, 4.69) is 16.6 Å². The van der Waals surface area contributed by atoms with Crippen LogP contribution in [0.2, 0.25) is 0 Å². The largest absolute Gasteiger partial charge is 0.463 e. The highest BCUT2D eigenvalue weighted by Crippen LogP contribution is 1.87. The number of Topliss-reactive ketones (excluding diaryl/α,β-unsaturated/α-hetero) is 1. The molecule has 14 heavy (non-hydrogen) atoms. The van der Waals surface area contributed by atoms with E-state index in [1.165, 1.54) is 0 Å². The van der Waals surface area contributed by atoms with Crippen LogP contribution >= 0.6 is 0 Å². The van der Waals surface area contributed by atoms with E-state index in [9.17, 15) is 9.59 Å². The summed E-state index contributed by atoms with van der Waals surface area (Å²) in [5.41, 5.74) is 0. The summed E-state index contributed by atoms with van der Waals surface area (Å²) in [4.78, 5) is 21.4. The SMILES string of the molecule is CCOCCCC#CC(=O)C(=O)OC. The molecular weight excluding hydrogens is 184 g/mol. The number of ether oxygens (including phenoxy) is 2. The van der Waals surface area contributed by atoms with Crippen molar-refractivity contribution in [2.45, 2.75) is 19.8 Å². The predicted octanol–water partition coefficient (Wildman–Crippen LogP) is 0.549. The zero-order valence-electron chi connectivity index (χ0n) is 8.46. The molecule has 0 rings (SSSR count). The topological polar surface area (TPSA) is 52.6 Å². The number of ketones is 1. The third kappa shape index (κ3) is 6.21. The van der Waals surface area contributed by atoms with Gasteiger partial charge in [0.05, 0.1) is 7.11 Å². The summed E-state index contributed by atoms with van der Waals surface area (Å²) in [5, 5.41) is 0. The van der Waals surface area contributed by atoms with E-state index in [1.54, 1.807) is 0 Å². The van der Waals surface area contributed by atoms with Gasteiger partial charge in [-0.2, -0.15) is 0 Å². The number of hydrogen-bond acceptors (Lipinski definition) is 4. The molecule has 0 spiro atoms. The van der Waals surface area contributed by atoms with Crippen molar-refractivity contribution in [3.05, 3.63) is 0 Å². The van der Waals surface area contributed by atoms with Crippen LogP contribution in [-0.4, -0.2) is 32.1 Å². The fourth-order valence-electron chi connectivity index (χ4n) is 0.693. The number of carbonyl (C=O) groups excluding carboxylic acids is 2. The summed E-state index contributed by atoms with van der Waals surface area (Å²) >= 11 is 0. The van der Waals surface area contributed by atoms with E-state index < -0.39 is 11.8 Å². The van der Waals surface area contributed by atoms with E-state index in [-0.39, 0.29) is 0 Å². The maximum absolute atomic E-state index is 10.8. The van der Waals surface area contributed by atoms with Crippen molar-refractivity contribution in [3.63, 3.8) is 0 Å². The van der Waals surface area contributed by atoms with Crippen molar-refractivity contribution in [3.8, 4) is 11.8 Å². The molecule has 0 N–H and O–H groups in total. The lowest BCUT2D eigenvalue weighted by Gasteiger charge is -1.95. The standard InChI is InChI=1S/C10H14O4/c1-3-14-8-6-4-5-7-9(11)10(12)13-2/h3-4,6,8H2,1-2H3. The number of carbonyl (C=O) groups is 2. The average Bonchev–Trinajstić information content (AvgIpc) is 2.21. The third-order valence-corrected chi connectivity index (χ3v) is 1.37. The Bertz CT molecular complexity index is 247. The van der Waals surface area contributed by atoms with Gasteiger partial charge in [0, 0.05) is 19.6 Å². The lowest BCUT2D eigenvalue weighted by atomic mass is 10.3. The zero-order chi connectivity index (χ0) is 10.8. The molecule has 0 heterocycles. The number of unbranched alkanes of at least 4 members (excludes halogenated alkanes) is 1. The number of esters is 1. The van der Waals surface area contributed by atoms with Crippen molar-refractivity contribution < 1.29 is 19.1 Å². The van der Waals surface area contributed by atoms with Gasteiger partial charge in [0.25, 0.3) is 0 Å². The number of hydrogen-bond donors (Lipinski definition) is 0. The van der Waals surface area contributed by atoms with E-state index in [0.717, 1.165) is 13.5 Å². The van der Waals surface area contributed by atoms with Crippen LogP contribution in [0.5, 0.6) is 0 Å². The maximum Gasteiger partial charge on any atom is 0.387 e. The highest BCUT2D eigenvalue weighted by molar-refractivity contribution is 6.40. The van der Waals surface area contributed by atoms with Crippen LogP contribution in [-0.2, 0) is 19.1 Å². The highest BCUT2D eigenvalue weighted by Gasteiger charge is 2.08. The summed E-state index contributed by atoms with van der Waals surface area (Å²) in [5.74, 6) is 3.05. The quantitative estimate of drug-likeness (QED) is 0.213. The van der Waals surface area contributed by atoms with Crippen molar-refractivity contribution >= 4 is 11.8 Å². The molecule has 0 unspecified atom stereocenters. The van der Waals surface area contributed by atoms with Crippen molar-refractivity contribution in [2.24, 2.45) is 0 Å². The first-order chi connectivity index (χ1) is 6.72. The number of rotatable bonds is 5. The lowest BCUT2D eigenvalue weighted by Crippen LogP contribution is -2.12. The Hall–Kier alpha value is -1.34. The molecule has 0 atom stereocenters. The fraction of sp³-hybridized carbons (Fsp3) is 0.600. The highest BCUT2D eigenvalue weighted by atomic mass is 16.5. The van der Waals surface area contributed by atoms with Crippen molar-refractivity contribution in [1.29, 1.82) is 0 Å². The first-order valence-corrected chi connectivity index (χ1v) is 4.41. The Morgan fingerprint density at radius 2 is 2.07 bits per heavy atom. The fourth-order valence-corrected chi connectivity index (χ4v) is 0.693. The van der Waals surface area contributed by atoms with Crippen LogP contribution in [0.15, 0.2) is 0 Å². The number of methoxy groups -OCH3 is 1. The minimum atomic E-state index is -0.915. The minimum Gasteiger partial charge on any atom is -0.463 e. The predicted molar refractivity (Wildman–Crippen MR) is 50.5 cm³/mol. The lowest BCUT2D eigenvalue weighted by molar-refractivity contribution is -0.149. The Labute approximate surface area is 83.6 Å². The minimum absolute atomic E-state index is 0.544. The Balaban J connectivity index is 3.61. The molecule has 0 saturated carbocycles. The Morgan fingerprint density at radius 3 is 2.64 bits per heavy atom. The molecule has 78 valence electrons.